The van der Waals surface area contributed by atoms with Crippen molar-refractivity contribution < 1.29 is 17.7 Å². The van der Waals surface area contributed by atoms with Crippen molar-refractivity contribution in [2.75, 3.05) is 13.1 Å². The molecular weight excluding hydrogens is 299 g/mol. The van der Waals surface area contributed by atoms with Crippen molar-refractivity contribution >= 4 is 15.7 Å². The lowest BCUT2D eigenvalue weighted by Gasteiger charge is -2.31. The van der Waals surface area contributed by atoms with Gasteiger partial charge in [0.15, 0.2) is 0 Å². The lowest BCUT2D eigenvalue weighted by atomic mass is 9.97. The van der Waals surface area contributed by atoms with E-state index in [0.29, 0.717) is 19.0 Å². The molecule has 8 heteroatoms. The van der Waals surface area contributed by atoms with Crippen molar-refractivity contribution in [1.82, 2.24) is 4.31 Å². The molecule has 1 aromatic carbocycles. The molecule has 1 heterocycles. The predicted molar refractivity (Wildman–Crippen MR) is 74.8 cm³/mol. The summed E-state index contributed by atoms with van der Waals surface area (Å²) in [6.07, 6.45) is 2.64. The van der Waals surface area contributed by atoms with Crippen LogP contribution < -0.4 is 0 Å². The van der Waals surface area contributed by atoms with Crippen LogP contribution in [0.3, 0.4) is 0 Å². The van der Waals surface area contributed by atoms with Gasteiger partial charge in [-0.05, 0) is 24.8 Å². The van der Waals surface area contributed by atoms with Crippen LogP contribution in [0.5, 0.6) is 0 Å². The zero-order valence-corrected chi connectivity index (χ0v) is 12.5. The van der Waals surface area contributed by atoms with Gasteiger partial charge in [-0.1, -0.05) is 13.3 Å². The van der Waals surface area contributed by atoms with Gasteiger partial charge in [0.05, 0.1) is 9.82 Å². The van der Waals surface area contributed by atoms with Crippen LogP contribution in [-0.4, -0.2) is 30.7 Å². The average molecular weight is 316 g/mol. The third kappa shape index (κ3) is 3.21. The summed E-state index contributed by atoms with van der Waals surface area (Å²) in [5.41, 5.74) is -0.723. The second-order valence-electron chi connectivity index (χ2n) is 5.15. The molecule has 0 aliphatic carbocycles. The molecule has 2 rings (SSSR count). The maximum Gasteiger partial charge on any atom is 0.304 e. The van der Waals surface area contributed by atoms with Gasteiger partial charge in [-0.25, -0.2) is 8.42 Å². The average Bonchev–Trinajstić information content (AvgIpc) is 2.46. The highest BCUT2D eigenvalue weighted by atomic mass is 32.2. The highest BCUT2D eigenvalue weighted by molar-refractivity contribution is 7.89. The molecule has 1 fully saturated rings. The minimum Gasteiger partial charge on any atom is -0.258 e. The number of rotatable bonds is 4. The van der Waals surface area contributed by atoms with Crippen LogP contribution >= 0.6 is 0 Å². The largest absolute Gasteiger partial charge is 0.304 e. The molecule has 1 unspecified atom stereocenters. The lowest BCUT2D eigenvalue weighted by Crippen LogP contribution is -2.39. The highest BCUT2D eigenvalue weighted by Crippen LogP contribution is 2.27. The summed E-state index contributed by atoms with van der Waals surface area (Å²) in [7, 11) is -3.80. The maximum atomic E-state index is 13.6. The second-order valence-corrected chi connectivity index (χ2v) is 7.09. The Morgan fingerprint density at radius 3 is 2.76 bits per heavy atom. The predicted octanol–water partition coefficient (Wildman–Crippen LogP) is 2.54. The smallest absolute Gasteiger partial charge is 0.258 e. The molecule has 1 atom stereocenters. The van der Waals surface area contributed by atoms with Crippen molar-refractivity contribution in [2.45, 2.75) is 31.1 Å². The normalized spacial score (nSPS) is 20.4. The molecule has 1 aromatic rings. The monoisotopic (exact) mass is 316 g/mol. The van der Waals surface area contributed by atoms with Crippen molar-refractivity contribution in [3.05, 3.63) is 34.1 Å². The van der Waals surface area contributed by atoms with Gasteiger partial charge in [-0.15, -0.1) is 0 Å². The van der Waals surface area contributed by atoms with Crippen molar-refractivity contribution in [1.29, 1.82) is 0 Å². The van der Waals surface area contributed by atoms with E-state index in [1.54, 1.807) is 0 Å². The molecule has 1 saturated heterocycles. The number of benzene rings is 1. The van der Waals surface area contributed by atoms with E-state index >= 15 is 0 Å². The third-order valence-corrected chi connectivity index (χ3v) is 5.67. The van der Waals surface area contributed by atoms with Crippen LogP contribution in [0.15, 0.2) is 23.1 Å². The van der Waals surface area contributed by atoms with E-state index in [9.17, 15) is 22.9 Å². The molecule has 21 heavy (non-hydrogen) atoms. The summed E-state index contributed by atoms with van der Waals surface area (Å²) in [4.78, 5) is 9.46. The van der Waals surface area contributed by atoms with E-state index < -0.39 is 26.5 Å². The Morgan fingerprint density at radius 1 is 1.48 bits per heavy atom. The summed E-state index contributed by atoms with van der Waals surface area (Å²) in [6.45, 7) is 2.82. The van der Waals surface area contributed by atoms with Crippen molar-refractivity contribution in [3.8, 4) is 0 Å². The van der Waals surface area contributed by atoms with Crippen LogP contribution in [0.1, 0.15) is 26.2 Å². The molecule has 6 nitrogen and oxygen atoms in total. The Labute approximate surface area is 122 Å². The Balaban J connectivity index is 2.31. The zero-order chi connectivity index (χ0) is 15.6. The summed E-state index contributed by atoms with van der Waals surface area (Å²) < 4.78 is 39.9. The zero-order valence-electron chi connectivity index (χ0n) is 11.7. The fraction of sp³-hybridized carbons (Fsp3) is 0.538. The van der Waals surface area contributed by atoms with Gasteiger partial charge in [-0.3, -0.25) is 10.1 Å². The number of piperidine rings is 1. The van der Waals surface area contributed by atoms with Crippen LogP contribution in [0.4, 0.5) is 10.1 Å². The first-order valence-corrected chi connectivity index (χ1v) is 8.24. The lowest BCUT2D eigenvalue weighted by molar-refractivity contribution is -0.387. The van der Waals surface area contributed by atoms with Gasteiger partial charge >= 0.3 is 5.69 Å². The molecule has 0 radical (unpaired) electrons. The molecule has 0 N–H and O–H groups in total. The number of nitro groups is 1. The summed E-state index contributed by atoms with van der Waals surface area (Å²) in [6, 6.07) is 2.71. The van der Waals surface area contributed by atoms with Gasteiger partial charge in [0, 0.05) is 25.2 Å². The molecule has 0 aromatic heterocycles. The van der Waals surface area contributed by atoms with Crippen LogP contribution in [-0.2, 0) is 10.0 Å². The number of sulfonamides is 1. The van der Waals surface area contributed by atoms with E-state index in [2.05, 4.69) is 0 Å². The Kier molecular flexibility index (Phi) is 4.58. The SMILES string of the molecule is CCC1CCCN(S(=O)(=O)c2ccc([N+](=O)[O-])c(F)c2)C1. The molecule has 0 saturated carbocycles. The molecule has 0 bridgehead atoms. The van der Waals surface area contributed by atoms with E-state index in [0.717, 1.165) is 37.5 Å². The first-order valence-electron chi connectivity index (χ1n) is 6.80. The van der Waals surface area contributed by atoms with E-state index in [1.807, 2.05) is 6.92 Å². The van der Waals surface area contributed by atoms with Crippen molar-refractivity contribution in [2.24, 2.45) is 5.92 Å². The number of nitrogens with zero attached hydrogens (tertiary/aromatic N) is 2. The first kappa shape index (κ1) is 15.8. The van der Waals surface area contributed by atoms with Gasteiger partial charge in [-0.2, -0.15) is 8.70 Å². The maximum absolute atomic E-state index is 13.6. The number of hydrogen-bond acceptors (Lipinski definition) is 4. The van der Waals surface area contributed by atoms with Crippen LogP contribution in [0.2, 0.25) is 0 Å². The molecule has 1 aliphatic heterocycles. The van der Waals surface area contributed by atoms with E-state index in [1.165, 1.54) is 4.31 Å². The van der Waals surface area contributed by atoms with Gasteiger partial charge in [0.25, 0.3) is 0 Å². The minimum absolute atomic E-state index is 0.234. The minimum atomic E-state index is -3.80. The summed E-state index contributed by atoms with van der Waals surface area (Å²) >= 11 is 0. The fourth-order valence-corrected chi connectivity index (χ4v) is 4.09. The van der Waals surface area contributed by atoms with Gasteiger partial charge in [0.2, 0.25) is 15.8 Å². The molecule has 116 valence electrons. The number of halogens is 1. The summed E-state index contributed by atoms with van der Waals surface area (Å²) in [5, 5.41) is 10.6. The van der Waals surface area contributed by atoms with E-state index in [-0.39, 0.29) is 4.90 Å². The third-order valence-electron chi connectivity index (χ3n) is 3.81. The Bertz CT molecular complexity index is 648. The number of hydrogen-bond donors (Lipinski definition) is 0. The van der Waals surface area contributed by atoms with Crippen LogP contribution in [0, 0.1) is 21.8 Å². The highest BCUT2D eigenvalue weighted by Gasteiger charge is 2.30. The molecule has 1 aliphatic rings. The first-order chi connectivity index (χ1) is 9.86. The molecule has 0 amide bonds. The molecular formula is C13H17FN2O4S. The second kappa shape index (κ2) is 6.07. The summed E-state index contributed by atoms with van der Waals surface area (Å²) in [5.74, 6) is -0.832. The standard InChI is InChI=1S/C13H17FN2O4S/c1-2-10-4-3-7-15(9-10)21(19,20)11-5-6-13(16(17)18)12(14)8-11/h5-6,8,10H,2-4,7,9H2,1H3. The quantitative estimate of drug-likeness (QED) is 0.631. The Hall–Kier alpha value is -1.54. The van der Waals surface area contributed by atoms with Gasteiger partial charge in [0.1, 0.15) is 0 Å². The van der Waals surface area contributed by atoms with Crippen molar-refractivity contribution in [3.63, 3.8) is 0 Å². The Morgan fingerprint density at radius 2 is 2.19 bits per heavy atom. The fourth-order valence-electron chi connectivity index (χ4n) is 2.52. The molecule has 0 spiro atoms. The number of nitro benzene ring substituents is 1. The van der Waals surface area contributed by atoms with Crippen LogP contribution in [0.25, 0.3) is 0 Å². The van der Waals surface area contributed by atoms with Gasteiger partial charge < -0.3 is 0 Å². The van der Waals surface area contributed by atoms with E-state index in [4.69, 9.17) is 0 Å². The topological polar surface area (TPSA) is 80.5 Å².